The van der Waals surface area contributed by atoms with E-state index in [9.17, 15) is 8.42 Å². The minimum Gasteiger partial charge on any atom is -0.414 e. The molecule has 0 aliphatic heterocycles. The average molecular weight is 473 g/mol. The van der Waals surface area contributed by atoms with Crippen molar-refractivity contribution in [3.05, 3.63) is 60.3 Å². The molecular weight excluding hydrogens is 440 g/mol. The van der Waals surface area contributed by atoms with Crippen LogP contribution in [0.4, 0.5) is 5.82 Å². The van der Waals surface area contributed by atoms with E-state index in [0.29, 0.717) is 17.1 Å². The summed E-state index contributed by atoms with van der Waals surface area (Å²) >= 11 is 0. The van der Waals surface area contributed by atoms with E-state index in [0.717, 1.165) is 11.1 Å². The number of nitrogen functional groups attached to an aromatic ring is 1. The van der Waals surface area contributed by atoms with E-state index in [2.05, 4.69) is 20.2 Å². The van der Waals surface area contributed by atoms with Crippen LogP contribution in [-0.2, 0) is 9.84 Å². The van der Waals surface area contributed by atoms with E-state index >= 15 is 0 Å². The van der Waals surface area contributed by atoms with Crippen LogP contribution in [0.2, 0.25) is 0 Å². The molecule has 4 rings (SSSR count). The second-order valence-electron chi connectivity index (χ2n) is 7.93. The standard InChI is InChI=1S/C23H24N6O3S.4H2/c1-13(2)33(30,31)18-9-7-15(8-10-18)19-12-26-21(25)20(27-19)23-29-28-22(32-23)17-6-4-5-16(11-17)14(3)24;;;;/h4-14H,24H2,1-3H3,(H2,25,26);4*1H. The number of nitrogens with two attached hydrogens (primary N) is 2. The molecule has 0 saturated heterocycles. The van der Waals surface area contributed by atoms with Gasteiger partial charge in [-0.1, -0.05) is 24.3 Å². The Bertz CT molecular complexity index is 1410. The van der Waals surface area contributed by atoms with Gasteiger partial charge in [-0.2, -0.15) is 0 Å². The van der Waals surface area contributed by atoms with Gasteiger partial charge in [0.15, 0.2) is 21.3 Å². The fourth-order valence-electron chi connectivity index (χ4n) is 3.17. The number of hydrogen-bond donors (Lipinski definition) is 2. The highest BCUT2D eigenvalue weighted by Crippen LogP contribution is 2.29. The number of rotatable bonds is 6. The molecule has 0 radical (unpaired) electrons. The molecule has 1 atom stereocenters. The number of aromatic nitrogens is 4. The lowest BCUT2D eigenvalue weighted by Crippen LogP contribution is -2.13. The van der Waals surface area contributed by atoms with Crippen LogP contribution in [0.3, 0.4) is 0 Å². The molecule has 2 aromatic heterocycles. The molecule has 10 heteroatoms. The zero-order chi connectivity index (χ0) is 23.8. The third kappa shape index (κ3) is 4.48. The van der Waals surface area contributed by atoms with E-state index in [1.807, 2.05) is 31.2 Å². The minimum atomic E-state index is -3.36. The van der Waals surface area contributed by atoms with E-state index in [-0.39, 0.29) is 34.0 Å². The molecule has 0 aliphatic rings. The first-order valence-corrected chi connectivity index (χ1v) is 11.9. The van der Waals surface area contributed by atoms with Crippen molar-refractivity contribution >= 4 is 15.7 Å². The van der Waals surface area contributed by atoms with Crippen LogP contribution in [0, 0.1) is 0 Å². The summed E-state index contributed by atoms with van der Waals surface area (Å²) in [6.45, 7) is 5.18. The van der Waals surface area contributed by atoms with E-state index < -0.39 is 15.1 Å². The largest absolute Gasteiger partial charge is 0.414 e. The Morgan fingerprint density at radius 3 is 2.33 bits per heavy atom. The molecular formula is C23H32N6O3S. The van der Waals surface area contributed by atoms with E-state index in [4.69, 9.17) is 15.9 Å². The fourth-order valence-corrected chi connectivity index (χ4v) is 4.23. The molecule has 0 spiro atoms. The van der Waals surface area contributed by atoms with Gasteiger partial charge in [0.05, 0.1) is 22.0 Å². The molecule has 2 aromatic carbocycles. The maximum Gasteiger partial charge on any atom is 0.270 e. The summed E-state index contributed by atoms with van der Waals surface area (Å²) in [5.41, 5.74) is 15.1. The van der Waals surface area contributed by atoms with Gasteiger partial charge in [-0.3, -0.25) is 0 Å². The zero-order valence-electron chi connectivity index (χ0n) is 18.4. The van der Waals surface area contributed by atoms with Crippen LogP contribution in [0.25, 0.3) is 34.3 Å². The number of hydrogen-bond acceptors (Lipinski definition) is 9. The lowest BCUT2D eigenvalue weighted by molar-refractivity contribution is 0.582. The molecule has 4 aromatic rings. The molecule has 0 bridgehead atoms. The van der Waals surface area contributed by atoms with E-state index in [1.54, 1.807) is 38.1 Å². The number of sulfone groups is 1. The van der Waals surface area contributed by atoms with Crippen molar-refractivity contribution in [2.24, 2.45) is 5.73 Å². The van der Waals surface area contributed by atoms with Crippen molar-refractivity contribution in [3.8, 4) is 34.3 Å². The summed E-state index contributed by atoms with van der Waals surface area (Å²) in [5, 5.41) is 7.70. The van der Waals surface area contributed by atoms with Gasteiger partial charge < -0.3 is 15.9 Å². The fraction of sp³-hybridized carbons (Fsp3) is 0.217. The number of anilines is 1. The van der Waals surface area contributed by atoms with Crippen molar-refractivity contribution in [2.45, 2.75) is 37.0 Å². The highest BCUT2D eigenvalue weighted by Gasteiger charge is 2.20. The highest BCUT2D eigenvalue weighted by molar-refractivity contribution is 7.92. The Kier molecular flexibility index (Phi) is 5.96. The third-order valence-corrected chi connectivity index (χ3v) is 7.36. The van der Waals surface area contributed by atoms with E-state index in [1.165, 1.54) is 6.20 Å². The van der Waals surface area contributed by atoms with Gasteiger partial charge in [-0.25, -0.2) is 18.4 Å². The van der Waals surface area contributed by atoms with Crippen LogP contribution in [0.5, 0.6) is 0 Å². The lowest BCUT2D eigenvalue weighted by Gasteiger charge is -2.09. The molecule has 1 unspecified atom stereocenters. The Morgan fingerprint density at radius 1 is 0.970 bits per heavy atom. The lowest BCUT2D eigenvalue weighted by atomic mass is 10.1. The van der Waals surface area contributed by atoms with Crippen molar-refractivity contribution in [2.75, 3.05) is 5.73 Å². The Balaban J connectivity index is 0.00000324. The molecule has 178 valence electrons. The summed E-state index contributed by atoms with van der Waals surface area (Å²) in [5.74, 6) is 0.571. The monoisotopic (exact) mass is 472 g/mol. The summed E-state index contributed by atoms with van der Waals surface area (Å²) < 4.78 is 30.6. The maximum absolute atomic E-state index is 12.4. The minimum absolute atomic E-state index is 0. The number of nitrogens with zero attached hydrogens (tertiary/aromatic N) is 4. The Hall–Kier alpha value is -3.63. The van der Waals surface area contributed by atoms with Crippen LogP contribution in [-0.4, -0.2) is 33.8 Å². The van der Waals surface area contributed by atoms with Gasteiger partial charge in [0.2, 0.25) is 5.89 Å². The average Bonchev–Trinajstić information content (AvgIpc) is 3.29. The molecule has 0 fully saturated rings. The van der Waals surface area contributed by atoms with Gasteiger partial charge in [-0.05, 0) is 50.6 Å². The molecule has 0 saturated carbocycles. The quantitative estimate of drug-likeness (QED) is 0.409. The smallest absolute Gasteiger partial charge is 0.270 e. The molecule has 4 N–H and O–H groups in total. The van der Waals surface area contributed by atoms with Gasteiger partial charge in [-0.15, -0.1) is 10.2 Å². The Morgan fingerprint density at radius 2 is 1.67 bits per heavy atom. The van der Waals surface area contributed by atoms with Gasteiger partial charge in [0.25, 0.3) is 5.89 Å². The number of benzene rings is 2. The van der Waals surface area contributed by atoms with Crippen molar-refractivity contribution in [1.82, 2.24) is 20.2 Å². The van der Waals surface area contributed by atoms with Gasteiger partial charge >= 0.3 is 0 Å². The topological polar surface area (TPSA) is 151 Å². The Labute approximate surface area is 197 Å². The summed E-state index contributed by atoms with van der Waals surface area (Å²) in [6, 6.07) is 13.9. The second-order valence-corrected chi connectivity index (χ2v) is 10.4. The second kappa shape index (κ2) is 8.72. The van der Waals surface area contributed by atoms with Crippen molar-refractivity contribution in [3.63, 3.8) is 0 Å². The summed E-state index contributed by atoms with van der Waals surface area (Å²) in [4.78, 5) is 8.99. The van der Waals surface area contributed by atoms with Gasteiger partial charge in [0, 0.05) is 22.9 Å². The van der Waals surface area contributed by atoms with Crippen molar-refractivity contribution < 1.29 is 18.5 Å². The SMILES string of the molecule is CC(N)c1cccc(-c2nnc(-c3nc(-c4ccc(S(=O)(=O)C(C)C)cc4)cnc3N)o2)c1.[HH].[HH].[HH].[HH]. The maximum atomic E-state index is 12.4. The van der Waals surface area contributed by atoms with Crippen LogP contribution in [0.15, 0.2) is 64.0 Å². The molecule has 0 aliphatic carbocycles. The predicted octanol–water partition coefficient (Wildman–Crippen LogP) is 4.63. The van der Waals surface area contributed by atoms with Crippen LogP contribution in [0.1, 0.15) is 38.1 Å². The van der Waals surface area contributed by atoms with Crippen LogP contribution < -0.4 is 11.5 Å². The first-order chi connectivity index (χ1) is 15.7. The van der Waals surface area contributed by atoms with Gasteiger partial charge in [0.1, 0.15) is 0 Å². The molecule has 9 nitrogen and oxygen atoms in total. The molecule has 2 heterocycles. The highest BCUT2D eigenvalue weighted by atomic mass is 32.2. The normalized spacial score (nSPS) is 12.8. The summed E-state index contributed by atoms with van der Waals surface area (Å²) in [7, 11) is -3.36. The first kappa shape index (κ1) is 22.6. The molecule has 0 amide bonds. The molecule has 33 heavy (non-hydrogen) atoms. The first-order valence-electron chi connectivity index (χ1n) is 10.3. The van der Waals surface area contributed by atoms with Crippen molar-refractivity contribution in [1.29, 1.82) is 0 Å². The zero-order valence-corrected chi connectivity index (χ0v) is 19.2. The predicted molar refractivity (Wildman–Crippen MR) is 134 cm³/mol. The van der Waals surface area contributed by atoms with Crippen LogP contribution >= 0.6 is 0 Å². The third-order valence-electron chi connectivity index (χ3n) is 5.19. The summed E-state index contributed by atoms with van der Waals surface area (Å²) in [6.07, 6.45) is 1.51.